The highest BCUT2D eigenvalue weighted by molar-refractivity contribution is 6.09. The van der Waals surface area contributed by atoms with Crippen molar-refractivity contribution in [1.82, 2.24) is 5.32 Å². The maximum absolute atomic E-state index is 12.5. The maximum atomic E-state index is 12.5. The Kier molecular flexibility index (Phi) is 6.51. The Labute approximate surface area is 141 Å². The van der Waals surface area contributed by atoms with Crippen LogP contribution in [-0.2, 0) is 16.1 Å². The van der Waals surface area contributed by atoms with E-state index in [0.29, 0.717) is 42.9 Å². The fourth-order valence-electron chi connectivity index (χ4n) is 2.30. The van der Waals surface area contributed by atoms with Gasteiger partial charge in [-0.3, -0.25) is 9.59 Å². The number of anilines is 1. The highest BCUT2D eigenvalue weighted by atomic mass is 16.5. The summed E-state index contributed by atoms with van der Waals surface area (Å²) < 4.78 is 4.87. The van der Waals surface area contributed by atoms with Crippen molar-refractivity contribution in [3.8, 4) is 0 Å². The minimum absolute atomic E-state index is 0.0385. The van der Waals surface area contributed by atoms with E-state index in [1.807, 2.05) is 18.2 Å². The van der Waals surface area contributed by atoms with E-state index in [1.54, 1.807) is 37.3 Å². The van der Waals surface area contributed by atoms with E-state index in [0.717, 1.165) is 5.56 Å². The van der Waals surface area contributed by atoms with Gasteiger partial charge in [0.15, 0.2) is 5.78 Å². The number of hydrogen-bond acceptors (Lipinski definition) is 5. The van der Waals surface area contributed by atoms with Crippen LogP contribution in [-0.4, -0.2) is 24.9 Å². The van der Waals surface area contributed by atoms with Gasteiger partial charge in [0.05, 0.1) is 13.0 Å². The molecule has 0 atom stereocenters. The van der Waals surface area contributed by atoms with Crippen molar-refractivity contribution in [3.63, 3.8) is 0 Å². The minimum Gasteiger partial charge on any atom is -0.466 e. The molecule has 126 valence electrons. The van der Waals surface area contributed by atoms with E-state index >= 15 is 0 Å². The molecule has 3 N–H and O–H groups in total. The summed E-state index contributed by atoms with van der Waals surface area (Å²) in [5.41, 5.74) is 8.66. The second kappa shape index (κ2) is 8.84. The molecule has 2 aromatic carbocycles. The van der Waals surface area contributed by atoms with Crippen molar-refractivity contribution in [2.75, 3.05) is 18.9 Å². The zero-order chi connectivity index (χ0) is 17.4. The van der Waals surface area contributed by atoms with Gasteiger partial charge in [0, 0.05) is 29.9 Å². The van der Waals surface area contributed by atoms with Crippen LogP contribution in [0.5, 0.6) is 0 Å². The van der Waals surface area contributed by atoms with Crippen molar-refractivity contribution in [3.05, 3.63) is 65.2 Å². The van der Waals surface area contributed by atoms with Gasteiger partial charge < -0.3 is 15.8 Å². The summed E-state index contributed by atoms with van der Waals surface area (Å²) >= 11 is 0. The first-order valence-corrected chi connectivity index (χ1v) is 7.96. The van der Waals surface area contributed by atoms with Crippen molar-refractivity contribution < 1.29 is 14.3 Å². The van der Waals surface area contributed by atoms with Crippen LogP contribution in [0.25, 0.3) is 0 Å². The van der Waals surface area contributed by atoms with Crippen LogP contribution in [0.15, 0.2) is 48.5 Å². The number of nitrogens with one attached hydrogen (secondary N) is 1. The molecule has 0 heterocycles. The molecule has 0 aromatic heterocycles. The summed E-state index contributed by atoms with van der Waals surface area (Å²) in [5.74, 6) is -0.269. The monoisotopic (exact) mass is 326 g/mol. The third kappa shape index (κ3) is 4.93. The summed E-state index contributed by atoms with van der Waals surface area (Å²) in [7, 11) is 0. The van der Waals surface area contributed by atoms with Crippen LogP contribution >= 0.6 is 0 Å². The third-order valence-electron chi connectivity index (χ3n) is 3.57. The molecule has 5 heteroatoms. The van der Waals surface area contributed by atoms with Gasteiger partial charge in [0.1, 0.15) is 0 Å². The molecule has 0 aliphatic carbocycles. The number of hydrogen-bond donors (Lipinski definition) is 2. The second-order valence-corrected chi connectivity index (χ2v) is 5.34. The summed E-state index contributed by atoms with van der Waals surface area (Å²) in [4.78, 5) is 23.8. The average Bonchev–Trinajstić information content (AvgIpc) is 2.60. The van der Waals surface area contributed by atoms with E-state index in [1.165, 1.54) is 0 Å². The molecule has 0 bridgehead atoms. The Morgan fingerprint density at radius 1 is 1.08 bits per heavy atom. The Morgan fingerprint density at radius 3 is 2.54 bits per heavy atom. The van der Waals surface area contributed by atoms with E-state index in [2.05, 4.69) is 5.32 Å². The molecule has 0 amide bonds. The molecule has 2 rings (SSSR count). The highest BCUT2D eigenvalue weighted by Crippen LogP contribution is 2.17. The molecule has 24 heavy (non-hydrogen) atoms. The fourth-order valence-corrected chi connectivity index (χ4v) is 2.30. The number of carbonyl (C=O) groups is 2. The predicted octanol–water partition coefficient (Wildman–Crippen LogP) is 2.54. The average molecular weight is 326 g/mol. The molecule has 0 unspecified atom stereocenters. The molecule has 0 spiro atoms. The number of ketones is 1. The Bertz CT molecular complexity index is 699. The number of benzene rings is 2. The SMILES string of the molecule is CCOC(=O)CCNCc1cc(C(=O)c2ccccc2)ccc1N. The molecule has 0 aliphatic heterocycles. The van der Waals surface area contributed by atoms with Gasteiger partial charge in [-0.05, 0) is 30.7 Å². The molecule has 2 aromatic rings. The zero-order valence-electron chi connectivity index (χ0n) is 13.7. The van der Waals surface area contributed by atoms with Crippen LogP contribution in [0.4, 0.5) is 5.69 Å². The van der Waals surface area contributed by atoms with Gasteiger partial charge in [0.25, 0.3) is 0 Å². The summed E-state index contributed by atoms with van der Waals surface area (Å²) in [6, 6.07) is 14.4. The van der Waals surface area contributed by atoms with Gasteiger partial charge in [-0.15, -0.1) is 0 Å². The Morgan fingerprint density at radius 2 is 1.83 bits per heavy atom. The first-order chi connectivity index (χ1) is 11.6. The minimum atomic E-state index is -0.231. The topological polar surface area (TPSA) is 81.4 Å². The molecule has 0 saturated heterocycles. The van der Waals surface area contributed by atoms with Crippen molar-refractivity contribution in [2.24, 2.45) is 0 Å². The first-order valence-electron chi connectivity index (χ1n) is 7.96. The lowest BCUT2D eigenvalue weighted by Gasteiger charge is -2.10. The van der Waals surface area contributed by atoms with Crippen molar-refractivity contribution >= 4 is 17.4 Å². The summed E-state index contributed by atoms with van der Waals surface area (Å²) in [6.45, 7) is 3.15. The molecule has 0 saturated carbocycles. The quantitative estimate of drug-likeness (QED) is 0.337. The smallest absolute Gasteiger partial charge is 0.307 e. The molecule has 5 nitrogen and oxygen atoms in total. The lowest BCUT2D eigenvalue weighted by molar-refractivity contribution is -0.142. The maximum Gasteiger partial charge on any atom is 0.307 e. The van der Waals surface area contributed by atoms with Gasteiger partial charge in [-0.2, -0.15) is 0 Å². The van der Waals surface area contributed by atoms with Gasteiger partial charge in [-0.1, -0.05) is 30.3 Å². The van der Waals surface area contributed by atoms with Crippen LogP contribution < -0.4 is 11.1 Å². The Balaban J connectivity index is 1.98. The van der Waals surface area contributed by atoms with Gasteiger partial charge in [-0.25, -0.2) is 0 Å². The van der Waals surface area contributed by atoms with E-state index < -0.39 is 0 Å². The summed E-state index contributed by atoms with van der Waals surface area (Å²) in [6.07, 6.45) is 0.302. The van der Waals surface area contributed by atoms with E-state index in [4.69, 9.17) is 10.5 Å². The third-order valence-corrected chi connectivity index (χ3v) is 3.57. The van der Waals surface area contributed by atoms with E-state index in [-0.39, 0.29) is 11.8 Å². The zero-order valence-corrected chi connectivity index (χ0v) is 13.7. The van der Waals surface area contributed by atoms with Crippen molar-refractivity contribution in [2.45, 2.75) is 19.9 Å². The number of nitrogens with two attached hydrogens (primary N) is 1. The standard InChI is InChI=1S/C19H22N2O3/c1-2-24-18(22)10-11-21-13-16-12-15(8-9-17(16)20)19(23)14-6-4-3-5-7-14/h3-9,12,21H,2,10-11,13,20H2,1H3. The number of rotatable bonds is 8. The number of esters is 1. The molecule has 0 fully saturated rings. The molecular weight excluding hydrogens is 304 g/mol. The number of nitrogen functional groups attached to an aromatic ring is 1. The van der Waals surface area contributed by atoms with Crippen molar-refractivity contribution in [1.29, 1.82) is 0 Å². The lowest BCUT2D eigenvalue weighted by Crippen LogP contribution is -2.20. The normalized spacial score (nSPS) is 10.4. The molecular formula is C19H22N2O3. The largest absolute Gasteiger partial charge is 0.466 e. The summed E-state index contributed by atoms with van der Waals surface area (Å²) in [5, 5.41) is 3.15. The van der Waals surface area contributed by atoms with Crippen LogP contribution in [0.1, 0.15) is 34.8 Å². The van der Waals surface area contributed by atoms with E-state index in [9.17, 15) is 9.59 Å². The number of ether oxygens (including phenoxy) is 1. The molecule has 0 radical (unpaired) electrons. The second-order valence-electron chi connectivity index (χ2n) is 5.34. The van der Waals surface area contributed by atoms with Crippen LogP contribution in [0.2, 0.25) is 0 Å². The molecule has 0 aliphatic rings. The Hall–Kier alpha value is -2.66. The first kappa shape index (κ1) is 17.7. The van der Waals surface area contributed by atoms with Gasteiger partial charge in [0.2, 0.25) is 0 Å². The predicted molar refractivity (Wildman–Crippen MR) is 93.7 cm³/mol. The van der Waals surface area contributed by atoms with Crippen LogP contribution in [0, 0.1) is 0 Å². The number of carbonyl (C=O) groups excluding carboxylic acids is 2. The fraction of sp³-hybridized carbons (Fsp3) is 0.263. The lowest BCUT2D eigenvalue weighted by atomic mass is 10.0. The highest BCUT2D eigenvalue weighted by Gasteiger charge is 2.11. The van der Waals surface area contributed by atoms with Gasteiger partial charge >= 0.3 is 5.97 Å². The van der Waals surface area contributed by atoms with Crippen LogP contribution in [0.3, 0.4) is 0 Å².